The van der Waals surface area contributed by atoms with Gasteiger partial charge in [-0.15, -0.1) is 0 Å². The molecule has 0 radical (unpaired) electrons. The standard InChI is InChI=1S/C19H15FN4O3/c20-12-6-7-15-14(10-12)13(8-9-27-15)19-22-16(11-4-2-1-3-5-11)17(24(25)26)18(21)23-19/h1-7,10,13H,8-9H2,(H2,21,22,23)/t13-/m1/s1. The zero-order valence-electron chi connectivity index (χ0n) is 14.1. The van der Waals surface area contributed by atoms with Crippen LogP contribution in [0.5, 0.6) is 5.75 Å². The van der Waals surface area contributed by atoms with Gasteiger partial charge in [0.25, 0.3) is 0 Å². The van der Waals surface area contributed by atoms with Crippen molar-refractivity contribution in [1.29, 1.82) is 0 Å². The molecule has 1 aliphatic heterocycles. The third-order valence-corrected chi connectivity index (χ3v) is 4.48. The highest BCUT2D eigenvalue weighted by Gasteiger charge is 2.30. The Morgan fingerprint density at radius 1 is 1.19 bits per heavy atom. The Balaban J connectivity index is 1.90. The fraction of sp³-hybridized carbons (Fsp3) is 0.158. The van der Waals surface area contributed by atoms with E-state index in [1.165, 1.54) is 12.1 Å². The van der Waals surface area contributed by atoms with Gasteiger partial charge in [-0.3, -0.25) is 10.1 Å². The Labute approximate surface area is 153 Å². The topological polar surface area (TPSA) is 104 Å². The van der Waals surface area contributed by atoms with Crippen molar-refractivity contribution in [1.82, 2.24) is 9.97 Å². The largest absolute Gasteiger partial charge is 0.493 e. The zero-order valence-corrected chi connectivity index (χ0v) is 14.1. The fourth-order valence-electron chi connectivity index (χ4n) is 3.26. The van der Waals surface area contributed by atoms with Crippen LogP contribution in [0, 0.1) is 15.9 Å². The molecule has 0 unspecified atom stereocenters. The van der Waals surface area contributed by atoms with Crippen LogP contribution in [0.1, 0.15) is 23.7 Å². The Hall–Kier alpha value is -3.55. The summed E-state index contributed by atoms with van der Waals surface area (Å²) in [5.74, 6) is -0.118. The quantitative estimate of drug-likeness (QED) is 0.560. The smallest absolute Gasteiger partial charge is 0.337 e. The molecule has 0 fully saturated rings. The molecule has 1 aliphatic rings. The number of nitrogens with two attached hydrogens (primary N) is 1. The third-order valence-electron chi connectivity index (χ3n) is 4.48. The first-order valence-electron chi connectivity index (χ1n) is 8.34. The summed E-state index contributed by atoms with van der Waals surface area (Å²) in [5.41, 5.74) is 6.89. The first kappa shape index (κ1) is 16.9. The highest BCUT2D eigenvalue weighted by atomic mass is 19.1. The van der Waals surface area contributed by atoms with Crippen LogP contribution < -0.4 is 10.5 Å². The number of ether oxygens (including phenoxy) is 1. The molecule has 4 rings (SSSR count). The average Bonchev–Trinajstić information content (AvgIpc) is 2.67. The van der Waals surface area contributed by atoms with Gasteiger partial charge < -0.3 is 10.5 Å². The number of halogens is 1. The van der Waals surface area contributed by atoms with E-state index >= 15 is 0 Å². The Morgan fingerprint density at radius 3 is 2.70 bits per heavy atom. The van der Waals surface area contributed by atoms with Gasteiger partial charge in [0.05, 0.1) is 17.4 Å². The highest BCUT2D eigenvalue weighted by Crippen LogP contribution is 2.40. The van der Waals surface area contributed by atoms with Crippen molar-refractivity contribution >= 4 is 11.5 Å². The van der Waals surface area contributed by atoms with Gasteiger partial charge in [-0.1, -0.05) is 30.3 Å². The normalized spacial score (nSPS) is 15.7. The number of hydrogen-bond donors (Lipinski definition) is 1. The van der Waals surface area contributed by atoms with Gasteiger partial charge in [-0.05, 0) is 24.6 Å². The number of nitrogens with zero attached hydrogens (tertiary/aromatic N) is 3. The molecule has 2 heterocycles. The van der Waals surface area contributed by atoms with Crippen molar-refractivity contribution < 1.29 is 14.1 Å². The SMILES string of the molecule is Nc1nc([C@@H]2CCOc3ccc(F)cc32)nc(-c2ccccc2)c1[N+](=O)[O-]. The maximum atomic E-state index is 13.8. The van der Waals surface area contributed by atoms with E-state index < -0.39 is 10.7 Å². The Bertz CT molecular complexity index is 1030. The van der Waals surface area contributed by atoms with Gasteiger partial charge in [-0.25, -0.2) is 14.4 Å². The molecule has 1 aromatic heterocycles. The van der Waals surface area contributed by atoms with E-state index in [1.54, 1.807) is 36.4 Å². The lowest BCUT2D eigenvalue weighted by atomic mass is 9.92. The van der Waals surface area contributed by atoms with E-state index in [2.05, 4.69) is 9.97 Å². The Kier molecular flexibility index (Phi) is 4.15. The van der Waals surface area contributed by atoms with E-state index in [0.29, 0.717) is 35.7 Å². The molecule has 2 N–H and O–H groups in total. The number of nitro groups is 1. The van der Waals surface area contributed by atoms with Crippen LogP contribution in [-0.2, 0) is 0 Å². The first-order valence-corrected chi connectivity index (χ1v) is 8.34. The van der Waals surface area contributed by atoms with Gasteiger partial charge in [-0.2, -0.15) is 0 Å². The van der Waals surface area contributed by atoms with Crippen molar-refractivity contribution in [2.45, 2.75) is 12.3 Å². The first-order chi connectivity index (χ1) is 13.0. The van der Waals surface area contributed by atoms with Crippen LogP contribution in [0.25, 0.3) is 11.3 Å². The highest BCUT2D eigenvalue weighted by molar-refractivity contribution is 5.76. The van der Waals surface area contributed by atoms with Crippen molar-refractivity contribution in [3.05, 3.63) is 75.9 Å². The van der Waals surface area contributed by atoms with Gasteiger partial charge in [0, 0.05) is 11.1 Å². The molecule has 0 bridgehead atoms. The number of rotatable bonds is 3. The number of hydrogen-bond acceptors (Lipinski definition) is 6. The maximum Gasteiger partial charge on any atom is 0.337 e. The molecular weight excluding hydrogens is 351 g/mol. The second kappa shape index (κ2) is 6.64. The molecule has 8 heteroatoms. The predicted molar refractivity (Wildman–Crippen MR) is 96.9 cm³/mol. The van der Waals surface area contributed by atoms with Crippen LogP contribution in [0.4, 0.5) is 15.9 Å². The summed E-state index contributed by atoms with van der Waals surface area (Å²) in [7, 11) is 0. The molecule has 0 aliphatic carbocycles. The monoisotopic (exact) mass is 366 g/mol. The minimum atomic E-state index is -0.584. The molecule has 27 heavy (non-hydrogen) atoms. The van der Waals surface area contributed by atoms with Crippen molar-refractivity contribution in [2.24, 2.45) is 0 Å². The molecule has 0 saturated heterocycles. The minimum Gasteiger partial charge on any atom is -0.493 e. The van der Waals surface area contributed by atoms with Crippen LogP contribution in [0.2, 0.25) is 0 Å². The summed E-state index contributed by atoms with van der Waals surface area (Å²) in [5, 5.41) is 11.5. The number of benzene rings is 2. The molecule has 2 aromatic carbocycles. The molecule has 1 atom stereocenters. The maximum absolute atomic E-state index is 13.8. The average molecular weight is 366 g/mol. The van der Waals surface area contributed by atoms with Crippen LogP contribution in [0.3, 0.4) is 0 Å². The molecular formula is C19H15FN4O3. The zero-order chi connectivity index (χ0) is 19.0. The molecule has 0 saturated carbocycles. The molecule has 0 spiro atoms. The summed E-state index contributed by atoms with van der Waals surface area (Å²) in [6.07, 6.45) is 0.516. The summed E-state index contributed by atoms with van der Waals surface area (Å²) in [6, 6.07) is 13.0. The second-order valence-electron chi connectivity index (χ2n) is 6.16. The van der Waals surface area contributed by atoms with Gasteiger partial charge in [0.2, 0.25) is 5.82 Å². The van der Waals surface area contributed by atoms with E-state index in [4.69, 9.17) is 10.5 Å². The Morgan fingerprint density at radius 2 is 1.96 bits per heavy atom. The molecule has 136 valence electrons. The summed E-state index contributed by atoms with van der Waals surface area (Å²) in [4.78, 5) is 19.6. The number of aromatic nitrogens is 2. The van der Waals surface area contributed by atoms with Crippen LogP contribution in [-0.4, -0.2) is 21.5 Å². The van der Waals surface area contributed by atoms with E-state index in [1.807, 2.05) is 0 Å². The van der Waals surface area contributed by atoms with Gasteiger partial charge in [0.1, 0.15) is 17.4 Å². The van der Waals surface area contributed by atoms with E-state index in [9.17, 15) is 14.5 Å². The fourth-order valence-corrected chi connectivity index (χ4v) is 3.26. The molecule has 7 nitrogen and oxygen atoms in total. The van der Waals surface area contributed by atoms with Crippen molar-refractivity contribution in [3.63, 3.8) is 0 Å². The van der Waals surface area contributed by atoms with E-state index in [0.717, 1.165) is 0 Å². The molecule has 3 aromatic rings. The third kappa shape index (κ3) is 3.05. The number of fused-ring (bicyclic) bond motifs is 1. The summed E-state index contributed by atoms with van der Waals surface area (Å²) in [6.45, 7) is 0.407. The number of anilines is 1. The van der Waals surface area contributed by atoms with Crippen LogP contribution in [0.15, 0.2) is 48.5 Å². The van der Waals surface area contributed by atoms with Crippen LogP contribution >= 0.6 is 0 Å². The van der Waals surface area contributed by atoms with Crippen molar-refractivity contribution in [2.75, 3.05) is 12.3 Å². The lowest BCUT2D eigenvalue weighted by Crippen LogP contribution is -2.19. The van der Waals surface area contributed by atoms with Crippen molar-refractivity contribution in [3.8, 4) is 17.0 Å². The summed E-state index contributed by atoms with van der Waals surface area (Å²) >= 11 is 0. The second-order valence-corrected chi connectivity index (χ2v) is 6.16. The van der Waals surface area contributed by atoms with E-state index in [-0.39, 0.29) is 23.1 Å². The van der Waals surface area contributed by atoms with Gasteiger partial charge in [0.15, 0.2) is 5.69 Å². The number of nitrogen functional groups attached to an aromatic ring is 1. The minimum absolute atomic E-state index is 0.146. The lowest BCUT2D eigenvalue weighted by molar-refractivity contribution is -0.383. The lowest BCUT2D eigenvalue weighted by Gasteiger charge is -2.25. The molecule has 0 amide bonds. The van der Waals surface area contributed by atoms with Gasteiger partial charge >= 0.3 is 5.69 Å². The predicted octanol–water partition coefficient (Wildman–Crippen LogP) is 3.69. The summed E-state index contributed by atoms with van der Waals surface area (Å²) < 4.78 is 19.3.